The van der Waals surface area contributed by atoms with Crippen molar-refractivity contribution >= 4 is 23.2 Å². The highest BCUT2D eigenvalue weighted by Gasteiger charge is 2.19. The second-order valence-electron chi connectivity index (χ2n) is 3.53. The van der Waals surface area contributed by atoms with E-state index in [1.54, 1.807) is 19.2 Å². The van der Waals surface area contributed by atoms with E-state index in [0.717, 1.165) is 0 Å². The van der Waals surface area contributed by atoms with Crippen molar-refractivity contribution in [3.8, 4) is 0 Å². The van der Waals surface area contributed by atoms with Crippen molar-refractivity contribution in [3.05, 3.63) is 57.7 Å². The molecule has 2 nitrogen and oxygen atoms in total. The first kappa shape index (κ1) is 12.4. The molecule has 0 saturated carbocycles. The number of furan rings is 1. The van der Waals surface area contributed by atoms with Gasteiger partial charge in [-0.3, -0.25) is 0 Å². The van der Waals surface area contributed by atoms with Gasteiger partial charge in [0.05, 0.1) is 6.04 Å². The normalized spacial score (nSPS) is 12.7. The Kier molecular flexibility index (Phi) is 3.72. The minimum atomic E-state index is -0.345. The summed E-state index contributed by atoms with van der Waals surface area (Å²) in [7, 11) is 1.74. The maximum atomic E-state index is 13.2. The molecule has 1 atom stereocenters. The third-order valence-corrected chi connectivity index (χ3v) is 2.98. The van der Waals surface area contributed by atoms with Gasteiger partial charge >= 0.3 is 0 Å². The zero-order chi connectivity index (χ0) is 12.4. The summed E-state index contributed by atoms with van der Waals surface area (Å²) in [5, 5.41) is 3.77. The number of halogens is 3. The van der Waals surface area contributed by atoms with E-state index in [-0.39, 0.29) is 17.1 Å². The van der Waals surface area contributed by atoms with Crippen LogP contribution in [-0.4, -0.2) is 7.05 Å². The Morgan fingerprint density at radius 2 is 2.00 bits per heavy atom. The van der Waals surface area contributed by atoms with E-state index >= 15 is 0 Å². The van der Waals surface area contributed by atoms with Gasteiger partial charge in [-0.25, -0.2) is 4.39 Å². The van der Waals surface area contributed by atoms with Crippen LogP contribution in [0.4, 0.5) is 4.39 Å². The van der Waals surface area contributed by atoms with Crippen LogP contribution in [0.1, 0.15) is 17.4 Å². The second kappa shape index (κ2) is 5.08. The SMILES string of the molecule is CNC(c1ccc(Cl)o1)c1cc(F)ccc1Cl. The lowest BCUT2D eigenvalue weighted by atomic mass is 10.0. The highest BCUT2D eigenvalue weighted by atomic mass is 35.5. The predicted molar refractivity (Wildman–Crippen MR) is 66.0 cm³/mol. The first-order chi connectivity index (χ1) is 8.11. The van der Waals surface area contributed by atoms with Crippen LogP contribution in [0, 0.1) is 5.82 Å². The van der Waals surface area contributed by atoms with Gasteiger partial charge in [0.25, 0.3) is 0 Å². The number of nitrogens with one attached hydrogen (secondary N) is 1. The molecule has 0 radical (unpaired) electrons. The van der Waals surface area contributed by atoms with E-state index in [2.05, 4.69) is 5.32 Å². The fourth-order valence-electron chi connectivity index (χ4n) is 1.67. The van der Waals surface area contributed by atoms with Gasteiger partial charge in [-0.05, 0) is 54.5 Å². The molecule has 0 saturated heterocycles. The maximum Gasteiger partial charge on any atom is 0.193 e. The Hall–Kier alpha value is -1.03. The third-order valence-electron chi connectivity index (χ3n) is 2.44. The first-order valence-corrected chi connectivity index (χ1v) is 5.75. The molecule has 2 aromatic rings. The van der Waals surface area contributed by atoms with Crippen LogP contribution < -0.4 is 5.32 Å². The molecule has 0 bridgehead atoms. The van der Waals surface area contributed by atoms with Crippen molar-refractivity contribution in [2.45, 2.75) is 6.04 Å². The van der Waals surface area contributed by atoms with E-state index in [4.69, 9.17) is 27.6 Å². The minimum absolute atomic E-state index is 0.285. The first-order valence-electron chi connectivity index (χ1n) is 4.99. The van der Waals surface area contributed by atoms with Gasteiger partial charge in [0, 0.05) is 5.02 Å². The number of hydrogen-bond donors (Lipinski definition) is 1. The summed E-state index contributed by atoms with van der Waals surface area (Å²) in [6, 6.07) is 7.24. The standard InChI is InChI=1S/C12H10Cl2FNO/c1-16-12(10-4-5-11(14)17-10)8-6-7(15)2-3-9(8)13/h2-6,12,16H,1H3. The van der Waals surface area contributed by atoms with Crippen LogP contribution in [-0.2, 0) is 0 Å². The monoisotopic (exact) mass is 273 g/mol. The molecule has 2 rings (SSSR count). The molecular weight excluding hydrogens is 264 g/mol. The second-order valence-corrected chi connectivity index (χ2v) is 4.31. The third kappa shape index (κ3) is 2.63. The van der Waals surface area contributed by atoms with Crippen molar-refractivity contribution in [1.29, 1.82) is 0 Å². The molecule has 90 valence electrons. The lowest BCUT2D eigenvalue weighted by Gasteiger charge is -2.15. The van der Waals surface area contributed by atoms with Gasteiger partial charge in [0.1, 0.15) is 11.6 Å². The van der Waals surface area contributed by atoms with Crippen LogP contribution >= 0.6 is 23.2 Å². The van der Waals surface area contributed by atoms with Gasteiger partial charge < -0.3 is 9.73 Å². The number of hydrogen-bond acceptors (Lipinski definition) is 2. The van der Waals surface area contributed by atoms with E-state index in [0.29, 0.717) is 16.3 Å². The smallest absolute Gasteiger partial charge is 0.193 e. The minimum Gasteiger partial charge on any atom is -0.448 e. The summed E-state index contributed by atoms with van der Waals surface area (Å²) in [6.07, 6.45) is 0. The van der Waals surface area contributed by atoms with Crippen LogP contribution in [0.3, 0.4) is 0 Å². The van der Waals surface area contributed by atoms with E-state index in [1.807, 2.05) is 0 Å². The molecular formula is C12H10Cl2FNO. The molecule has 1 heterocycles. The van der Waals surface area contributed by atoms with Crippen LogP contribution in [0.5, 0.6) is 0 Å². The average molecular weight is 274 g/mol. The van der Waals surface area contributed by atoms with Crippen LogP contribution in [0.15, 0.2) is 34.7 Å². The highest BCUT2D eigenvalue weighted by Crippen LogP contribution is 2.30. The van der Waals surface area contributed by atoms with E-state index in [1.165, 1.54) is 18.2 Å². The molecule has 0 spiro atoms. The van der Waals surface area contributed by atoms with Gasteiger partial charge in [-0.15, -0.1) is 0 Å². The van der Waals surface area contributed by atoms with Crippen molar-refractivity contribution in [2.75, 3.05) is 7.05 Å². The Bertz CT molecular complexity index is 527. The zero-order valence-corrected chi connectivity index (χ0v) is 10.5. The van der Waals surface area contributed by atoms with E-state index in [9.17, 15) is 4.39 Å². The van der Waals surface area contributed by atoms with Crippen molar-refractivity contribution < 1.29 is 8.81 Å². The molecule has 17 heavy (non-hydrogen) atoms. The summed E-state index contributed by atoms with van der Waals surface area (Å²) >= 11 is 11.8. The Balaban J connectivity index is 2.45. The quantitative estimate of drug-likeness (QED) is 0.913. The molecule has 1 aromatic heterocycles. The van der Waals surface area contributed by atoms with Gasteiger partial charge in [0.15, 0.2) is 5.22 Å². The summed E-state index contributed by atoms with van der Waals surface area (Å²) < 4.78 is 18.5. The fourth-order valence-corrected chi connectivity index (χ4v) is 2.05. The lowest BCUT2D eigenvalue weighted by molar-refractivity contribution is 0.463. The average Bonchev–Trinajstić information content (AvgIpc) is 2.71. The topological polar surface area (TPSA) is 25.2 Å². The van der Waals surface area contributed by atoms with Crippen molar-refractivity contribution in [2.24, 2.45) is 0 Å². The summed E-state index contributed by atoms with van der Waals surface area (Å²) in [5.74, 6) is 0.243. The van der Waals surface area contributed by atoms with Crippen LogP contribution in [0.25, 0.3) is 0 Å². The molecule has 1 aromatic carbocycles. The lowest BCUT2D eigenvalue weighted by Crippen LogP contribution is -2.17. The number of benzene rings is 1. The molecule has 0 fully saturated rings. The summed E-state index contributed by atoms with van der Waals surface area (Å²) in [5.41, 5.74) is 0.611. The molecule has 1 unspecified atom stereocenters. The van der Waals surface area contributed by atoms with E-state index < -0.39 is 0 Å². The molecule has 0 aliphatic carbocycles. The van der Waals surface area contributed by atoms with Gasteiger partial charge in [0.2, 0.25) is 0 Å². The highest BCUT2D eigenvalue weighted by molar-refractivity contribution is 6.31. The maximum absolute atomic E-state index is 13.2. The Morgan fingerprint density at radius 3 is 2.59 bits per heavy atom. The zero-order valence-electron chi connectivity index (χ0n) is 9.01. The van der Waals surface area contributed by atoms with Crippen LogP contribution in [0.2, 0.25) is 10.2 Å². The predicted octanol–water partition coefficient (Wildman–Crippen LogP) is 4.03. The molecule has 0 aliphatic heterocycles. The molecule has 0 amide bonds. The van der Waals surface area contributed by atoms with Gasteiger partial charge in [-0.2, -0.15) is 0 Å². The summed E-state index contributed by atoms with van der Waals surface area (Å²) in [6.45, 7) is 0. The molecule has 5 heteroatoms. The fraction of sp³-hybridized carbons (Fsp3) is 0.167. The molecule has 0 aliphatic rings. The molecule has 1 N–H and O–H groups in total. The largest absolute Gasteiger partial charge is 0.448 e. The summed E-state index contributed by atoms with van der Waals surface area (Å²) in [4.78, 5) is 0. The van der Waals surface area contributed by atoms with Crippen molar-refractivity contribution in [3.63, 3.8) is 0 Å². The Labute approximate surface area is 108 Å². The van der Waals surface area contributed by atoms with Gasteiger partial charge in [-0.1, -0.05) is 11.6 Å². The van der Waals surface area contributed by atoms with Crippen molar-refractivity contribution in [1.82, 2.24) is 5.32 Å². The number of rotatable bonds is 3. The Morgan fingerprint density at radius 1 is 1.24 bits per heavy atom.